The van der Waals surface area contributed by atoms with Gasteiger partial charge in [0.15, 0.2) is 16.6 Å². The molecule has 178 valence electrons. The first kappa shape index (κ1) is 22.5. The highest BCUT2D eigenvalue weighted by Gasteiger charge is 2.23. The summed E-state index contributed by atoms with van der Waals surface area (Å²) in [5.41, 5.74) is 4.75. The van der Waals surface area contributed by atoms with Gasteiger partial charge in [-0.05, 0) is 41.8 Å². The molecule has 0 radical (unpaired) electrons. The van der Waals surface area contributed by atoms with E-state index in [-0.39, 0.29) is 5.91 Å². The van der Waals surface area contributed by atoms with Crippen LogP contribution in [0.3, 0.4) is 0 Å². The van der Waals surface area contributed by atoms with Crippen LogP contribution in [-0.2, 0) is 13.0 Å². The Morgan fingerprint density at radius 1 is 1.03 bits per heavy atom. The summed E-state index contributed by atoms with van der Waals surface area (Å²) >= 11 is 1.50. The number of anilines is 3. The number of carbonyl (C=O) groups is 1. The number of rotatable bonds is 6. The second-order valence-electron chi connectivity index (χ2n) is 8.37. The maximum absolute atomic E-state index is 13.1. The van der Waals surface area contributed by atoms with Gasteiger partial charge in [-0.2, -0.15) is 0 Å². The zero-order valence-corrected chi connectivity index (χ0v) is 20.3. The first-order valence-electron chi connectivity index (χ1n) is 11.5. The van der Waals surface area contributed by atoms with E-state index in [0.717, 1.165) is 73.7 Å². The van der Waals surface area contributed by atoms with Crippen molar-refractivity contribution in [2.75, 3.05) is 62.1 Å². The Labute approximate surface area is 203 Å². The second kappa shape index (κ2) is 9.90. The van der Waals surface area contributed by atoms with E-state index >= 15 is 0 Å². The summed E-state index contributed by atoms with van der Waals surface area (Å²) in [5.74, 6) is 1.29. The molecule has 1 aromatic heterocycles. The molecule has 2 N–H and O–H groups in total. The fraction of sp³-hybridized carbons (Fsp3) is 0.360. The lowest BCUT2D eigenvalue weighted by Crippen LogP contribution is -2.43. The molecule has 0 saturated carbocycles. The monoisotopic (exact) mass is 479 g/mol. The molecule has 0 atom stereocenters. The molecule has 3 heterocycles. The van der Waals surface area contributed by atoms with Crippen LogP contribution in [-0.4, -0.2) is 57.8 Å². The number of para-hydroxylation sites is 2. The van der Waals surface area contributed by atoms with Gasteiger partial charge >= 0.3 is 0 Å². The minimum absolute atomic E-state index is 0.186. The van der Waals surface area contributed by atoms with Crippen molar-refractivity contribution in [2.45, 2.75) is 13.0 Å². The Morgan fingerprint density at radius 2 is 1.76 bits per heavy atom. The molecular formula is C25H29N5O3S. The van der Waals surface area contributed by atoms with Crippen molar-refractivity contribution in [2.24, 2.45) is 0 Å². The maximum atomic E-state index is 13.1. The fourth-order valence-electron chi connectivity index (χ4n) is 4.51. The molecule has 9 heteroatoms. The lowest BCUT2D eigenvalue weighted by atomic mass is 9.99. The number of amides is 1. The molecule has 2 aliphatic heterocycles. The Balaban J connectivity index is 1.30. The van der Waals surface area contributed by atoms with Crippen molar-refractivity contribution in [3.8, 4) is 11.5 Å². The number of hydrogen-bond acceptors (Lipinski definition) is 8. The highest BCUT2D eigenvalue weighted by atomic mass is 32.1. The molecule has 0 bridgehead atoms. The van der Waals surface area contributed by atoms with Gasteiger partial charge in [0.25, 0.3) is 5.91 Å². The quantitative estimate of drug-likeness (QED) is 0.561. The number of aromatic nitrogens is 1. The Bertz CT molecular complexity index is 1180. The van der Waals surface area contributed by atoms with Crippen LogP contribution in [0.2, 0.25) is 0 Å². The van der Waals surface area contributed by atoms with Gasteiger partial charge in [-0.1, -0.05) is 12.1 Å². The van der Waals surface area contributed by atoms with Crippen molar-refractivity contribution >= 4 is 33.8 Å². The zero-order valence-electron chi connectivity index (χ0n) is 19.5. The fourth-order valence-corrected chi connectivity index (χ4v) is 5.34. The molecule has 3 aromatic rings. The number of fused-ring (bicyclic) bond motifs is 1. The number of nitrogens with zero attached hydrogens (tertiary/aromatic N) is 3. The molecule has 0 aliphatic carbocycles. The van der Waals surface area contributed by atoms with Crippen molar-refractivity contribution in [1.29, 1.82) is 0 Å². The third kappa shape index (κ3) is 4.53. The third-order valence-electron chi connectivity index (χ3n) is 6.32. The number of nitrogens with one attached hydrogen (secondary N) is 2. The summed E-state index contributed by atoms with van der Waals surface area (Å²) in [6.07, 6.45) is 0.884. The minimum Gasteiger partial charge on any atom is -0.493 e. The largest absolute Gasteiger partial charge is 0.493 e. The second-order valence-corrected chi connectivity index (χ2v) is 9.21. The molecular weight excluding hydrogens is 450 g/mol. The zero-order chi connectivity index (χ0) is 23.5. The van der Waals surface area contributed by atoms with E-state index < -0.39 is 0 Å². The molecule has 1 fully saturated rings. The summed E-state index contributed by atoms with van der Waals surface area (Å²) < 4.78 is 10.9. The molecule has 2 aromatic carbocycles. The van der Waals surface area contributed by atoms with Crippen LogP contribution in [0.15, 0.2) is 41.8 Å². The van der Waals surface area contributed by atoms with E-state index in [1.54, 1.807) is 14.2 Å². The van der Waals surface area contributed by atoms with Gasteiger partial charge in [-0.3, -0.25) is 4.79 Å². The normalized spacial score (nSPS) is 15.6. The average molecular weight is 480 g/mol. The smallest absolute Gasteiger partial charge is 0.275 e. The van der Waals surface area contributed by atoms with E-state index in [9.17, 15) is 4.79 Å². The number of hydrogen-bond donors (Lipinski definition) is 2. The molecule has 34 heavy (non-hydrogen) atoms. The van der Waals surface area contributed by atoms with Crippen molar-refractivity contribution in [1.82, 2.24) is 10.3 Å². The van der Waals surface area contributed by atoms with Gasteiger partial charge in [0, 0.05) is 44.6 Å². The van der Waals surface area contributed by atoms with Gasteiger partial charge in [0.2, 0.25) is 0 Å². The third-order valence-corrected chi connectivity index (χ3v) is 7.22. The summed E-state index contributed by atoms with van der Waals surface area (Å²) in [5, 5.41) is 9.13. The van der Waals surface area contributed by atoms with Crippen LogP contribution in [0, 0.1) is 0 Å². The topological polar surface area (TPSA) is 79.0 Å². The highest BCUT2D eigenvalue weighted by molar-refractivity contribution is 7.13. The standard InChI is InChI=1S/C25H29N5O3S/c1-32-22-13-17-7-10-30(15-18(17)14-23(22)33-2)25-28-20(16-34-25)24(31)27-19-5-3-4-6-21(19)29-11-8-26-9-12-29/h3-6,13-14,16,26H,7-12,15H2,1-2H3,(H,27,31). The van der Waals surface area contributed by atoms with Gasteiger partial charge in [0.05, 0.1) is 25.6 Å². The van der Waals surface area contributed by atoms with Crippen LogP contribution in [0.4, 0.5) is 16.5 Å². The van der Waals surface area contributed by atoms with Gasteiger partial charge < -0.3 is 29.9 Å². The van der Waals surface area contributed by atoms with Gasteiger partial charge in [0.1, 0.15) is 5.69 Å². The minimum atomic E-state index is -0.186. The lowest BCUT2D eigenvalue weighted by molar-refractivity contribution is 0.102. The van der Waals surface area contributed by atoms with Crippen molar-refractivity contribution in [3.63, 3.8) is 0 Å². The molecule has 0 unspecified atom stereocenters. The van der Waals surface area contributed by atoms with Crippen LogP contribution in [0.1, 0.15) is 21.6 Å². The lowest BCUT2D eigenvalue weighted by Gasteiger charge is -2.31. The van der Waals surface area contributed by atoms with E-state index in [2.05, 4.69) is 37.6 Å². The number of carbonyl (C=O) groups excluding carboxylic acids is 1. The van der Waals surface area contributed by atoms with Crippen molar-refractivity contribution < 1.29 is 14.3 Å². The SMILES string of the molecule is COc1cc2c(cc1OC)CN(c1nc(C(=O)Nc3ccccc3N3CCNCC3)cs1)CC2. The van der Waals surface area contributed by atoms with Gasteiger partial charge in [-0.15, -0.1) is 11.3 Å². The first-order chi connectivity index (χ1) is 16.7. The van der Waals surface area contributed by atoms with Gasteiger partial charge in [-0.25, -0.2) is 4.98 Å². The molecule has 0 spiro atoms. The predicted octanol–water partition coefficient (Wildman–Crippen LogP) is 3.38. The summed E-state index contributed by atoms with van der Waals surface area (Å²) in [6, 6.07) is 12.1. The first-order valence-corrected chi connectivity index (χ1v) is 12.3. The molecule has 1 amide bonds. The highest BCUT2D eigenvalue weighted by Crippen LogP contribution is 2.35. The van der Waals surface area contributed by atoms with Crippen LogP contribution in [0.5, 0.6) is 11.5 Å². The Kier molecular flexibility index (Phi) is 6.55. The average Bonchev–Trinajstić information content (AvgIpc) is 3.39. The van der Waals surface area contributed by atoms with Crippen LogP contribution >= 0.6 is 11.3 Å². The number of piperazine rings is 1. The molecule has 8 nitrogen and oxygen atoms in total. The van der Waals surface area contributed by atoms with Crippen LogP contribution in [0.25, 0.3) is 0 Å². The van der Waals surface area contributed by atoms with Crippen LogP contribution < -0.4 is 29.9 Å². The number of ether oxygens (including phenoxy) is 2. The number of thiazole rings is 1. The van der Waals surface area contributed by atoms with E-state index in [1.807, 2.05) is 29.6 Å². The number of methoxy groups -OCH3 is 2. The van der Waals surface area contributed by atoms with Crippen molar-refractivity contribution in [3.05, 3.63) is 58.6 Å². The Morgan fingerprint density at radius 3 is 2.53 bits per heavy atom. The van der Waals surface area contributed by atoms with E-state index in [0.29, 0.717) is 5.69 Å². The van der Waals surface area contributed by atoms with E-state index in [1.165, 1.54) is 22.5 Å². The predicted molar refractivity (Wildman–Crippen MR) is 136 cm³/mol. The van der Waals surface area contributed by atoms with E-state index in [4.69, 9.17) is 9.47 Å². The number of benzene rings is 2. The summed E-state index contributed by atoms with van der Waals surface area (Å²) in [4.78, 5) is 22.2. The molecule has 1 saturated heterocycles. The molecule has 2 aliphatic rings. The Hall–Kier alpha value is -3.30. The summed E-state index contributed by atoms with van der Waals surface area (Å²) in [7, 11) is 3.31. The molecule has 5 rings (SSSR count). The maximum Gasteiger partial charge on any atom is 0.275 e. The summed E-state index contributed by atoms with van der Waals surface area (Å²) in [6.45, 7) is 5.27.